The lowest BCUT2D eigenvalue weighted by atomic mass is 10.2. The zero-order valence-corrected chi connectivity index (χ0v) is 21.8. The number of nitriles is 1. The number of thioether (sulfide) groups is 1. The van der Waals surface area contributed by atoms with Crippen molar-refractivity contribution in [1.82, 2.24) is 14.5 Å². The maximum Gasteiger partial charge on any atom is 0.267 e. The smallest absolute Gasteiger partial charge is 0.267 e. The first-order valence-electron chi connectivity index (χ1n) is 11.5. The van der Waals surface area contributed by atoms with E-state index >= 15 is 0 Å². The molecular formula is C27H20N4O2S3. The second-order valence-corrected chi connectivity index (χ2v) is 11.6. The molecule has 0 unspecified atom stereocenters. The molecule has 0 bridgehead atoms. The van der Waals surface area contributed by atoms with E-state index in [-0.39, 0.29) is 22.6 Å². The summed E-state index contributed by atoms with van der Waals surface area (Å²) in [4.78, 5) is 25.3. The number of para-hydroxylation sites is 2. The number of aromatic nitrogens is 3. The molecule has 0 saturated carbocycles. The summed E-state index contributed by atoms with van der Waals surface area (Å²) in [6, 6.07) is 17.5. The van der Waals surface area contributed by atoms with E-state index in [2.05, 4.69) is 11.1 Å². The number of rotatable bonds is 5. The lowest BCUT2D eigenvalue weighted by molar-refractivity contribution is 0.420. The summed E-state index contributed by atoms with van der Waals surface area (Å²) in [7, 11) is 0. The molecule has 1 aliphatic carbocycles. The number of thiophene rings is 1. The van der Waals surface area contributed by atoms with Crippen LogP contribution in [0.3, 0.4) is 0 Å². The van der Waals surface area contributed by atoms with Gasteiger partial charge in [0.25, 0.3) is 5.56 Å². The molecule has 0 atom stereocenters. The standard InChI is InChI=1S/C27H20N4O2S3/c1-15-7-2-4-10-19(15)31-26(33)23-16-8-6-12-21(16)35-25(23)30-27(31)34-14-20(32)17(13-28)24-29-18-9-3-5-11-22(18)36-24/h2-5,7,9-11,32H,6,8,12,14H2,1H3/b20-17-. The largest absolute Gasteiger partial charge is 0.510 e. The lowest BCUT2D eigenvalue weighted by Crippen LogP contribution is -2.22. The molecule has 0 fully saturated rings. The number of aryl methyl sites for hydroxylation is 3. The zero-order valence-electron chi connectivity index (χ0n) is 19.3. The molecule has 0 spiro atoms. The molecule has 5 aromatic rings. The van der Waals surface area contributed by atoms with Crippen molar-refractivity contribution in [3.05, 3.63) is 85.7 Å². The molecule has 0 saturated heterocycles. The first kappa shape index (κ1) is 23.0. The average Bonchev–Trinajstić information content (AvgIpc) is 3.58. The van der Waals surface area contributed by atoms with Crippen LogP contribution in [-0.2, 0) is 12.8 Å². The minimum Gasteiger partial charge on any atom is -0.510 e. The molecule has 6 nitrogen and oxygen atoms in total. The van der Waals surface area contributed by atoms with Crippen molar-refractivity contribution >= 4 is 60.4 Å². The number of fused-ring (bicyclic) bond motifs is 4. The van der Waals surface area contributed by atoms with Gasteiger partial charge < -0.3 is 5.11 Å². The van der Waals surface area contributed by atoms with Crippen LogP contribution in [0.2, 0.25) is 0 Å². The number of hydrogen-bond donors (Lipinski definition) is 1. The Kier molecular flexibility index (Phi) is 5.88. The van der Waals surface area contributed by atoms with Gasteiger partial charge in [-0.1, -0.05) is 42.1 Å². The van der Waals surface area contributed by atoms with Crippen LogP contribution in [0.15, 0.2) is 64.2 Å². The van der Waals surface area contributed by atoms with Gasteiger partial charge in [-0.15, -0.1) is 22.7 Å². The quantitative estimate of drug-likeness (QED) is 0.122. The molecule has 178 valence electrons. The second-order valence-electron chi connectivity index (χ2n) is 8.57. The molecule has 9 heteroatoms. The number of aliphatic hydroxyl groups excluding tert-OH is 1. The van der Waals surface area contributed by atoms with Gasteiger partial charge in [-0.05, 0) is 55.5 Å². The van der Waals surface area contributed by atoms with Crippen molar-refractivity contribution in [2.45, 2.75) is 31.3 Å². The van der Waals surface area contributed by atoms with Gasteiger partial charge in [0.15, 0.2) is 5.16 Å². The fourth-order valence-corrected chi connectivity index (χ4v) is 7.74. The number of thiazole rings is 1. The molecule has 3 aromatic heterocycles. The maximum atomic E-state index is 13.9. The van der Waals surface area contributed by atoms with E-state index < -0.39 is 0 Å². The Morgan fingerprint density at radius 3 is 2.75 bits per heavy atom. The Labute approximate surface area is 219 Å². The minimum absolute atomic E-state index is 0.0775. The molecule has 0 radical (unpaired) electrons. The summed E-state index contributed by atoms with van der Waals surface area (Å²) >= 11 is 4.21. The van der Waals surface area contributed by atoms with Crippen molar-refractivity contribution in [3.63, 3.8) is 0 Å². The molecule has 0 amide bonds. The summed E-state index contributed by atoms with van der Waals surface area (Å²) in [6.07, 6.45) is 2.96. The van der Waals surface area contributed by atoms with Crippen molar-refractivity contribution < 1.29 is 5.11 Å². The van der Waals surface area contributed by atoms with Crippen molar-refractivity contribution in [2.75, 3.05) is 5.75 Å². The van der Waals surface area contributed by atoms with Gasteiger partial charge in [0, 0.05) is 4.88 Å². The van der Waals surface area contributed by atoms with E-state index in [1.807, 2.05) is 55.5 Å². The van der Waals surface area contributed by atoms with Gasteiger partial charge in [-0.2, -0.15) is 5.26 Å². The lowest BCUT2D eigenvalue weighted by Gasteiger charge is -2.14. The van der Waals surface area contributed by atoms with Crippen LogP contribution in [0.5, 0.6) is 0 Å². The monoisotopic (exact) mass is 528 g/mol. The summed E-state index contributed by atoms with van der Waals surface area (Å²) in [5, 5.41) is 22.4. The van der Waals surface area contributed by atoms with Gasteiger partial charge in [-0.25, -0.2) is 9.97 Å². The highest BCUT2D eigenvalue weighted by Gasteiger charge is 2.25. The summed E-state index contributed by atoms with van der Waals surface area (Å²) < 4.78 is 2.61. The molecule has 36 heavy (non-hydrogen) atoms. The predicted molar refractivity (Wildman–Crippen MR) is 147 cm³/mol. The van der Waals surface area contributed by atoms with Crippen molar-refractivity contribution in [1.29, 1.82) is 5.26 Å². The Morgan fingerprint density at radius 2 is 1.94 bits per heavy atom. The number of aliphatic hydroxyl groups is 1. The van der Waals surface area contributed by atoms with Gasteiger partial charge in [0.05, 0.1) is 27.0 Å². The highest BCUT2D eigenvalue weighted by molar-refractivity contribution is 7.99. The molecule has 0 aliphatic heterocycles. The summed E-state index contributed by atoms with van der Waals surface area (Å²) in [5.74, 6) is 0.00852. The third kappa shape index (κ3) is 3.82. The zero-order chi connectivity index (χ0) is 24.8. The number of benzene rings is 2. The van der Waals surface area contributed by atoms with Crippen LogP contribution in [0.1, 0.15) is 27.4 Å². The van der Waals surface area contributed by atoms with E-state index in [1.54, 1.807) is 15.9 Å². The van der Waals surface area contributed by atoms with E-state index in [9.17, 15) is 15.2 Å². The molecule has 3 heterocycles. The fraction of sp³-hybridized carbons (Fsp3) is 0.185. The van der Waals surface area contributed by atoms with E-state index in [4.69, 9.17) is 4.98 Å². The molecule has 2 aromatic carbocycles. The molecular weight excluding hydrogens is 509 g/mol. The van der Waals surface area contributed by atoms with Crippen LogP contribution < -0.4 is 5.56 Å². The molecule has 1 N–H and O–H groups in total. The van der Waals surface area contributed by atoms with Crippen LogP contribution in [0, 0.1) is 18.3 Å². The third-order valence-electron chi connectivity index (χ3n) is 6.31. The van der Waals surface area contributed by atoms with Crippen LogP contribution in [0.25, 0.3) is 31.7 Å². The normalized spacial score (nSPS) is 13.7. The van der Waals surface area contributed by atoms with Gasteiger partial charge in [-0.3, -0.25) is 9.36 Å². The Balaban J connectivity index is 1.44. The first-order valence-corrected chi connectivity index (χ1v) is 14.1. The predicted octanol–water partition coefficient (Wildman–Crippen LogP) is 6.44. The molecule has 1 aliphatic rings. The minimum atomic E-state index is -0.0825. The fourth-order valence-electron chi connectivity index (χ4n) is 4.57. The Morgan fingerprint density at radius 1 is 1.14 bits per heavy atom. The number of allylic oxidation sites excluding steroid dienone is 1. The SMILES string of the molecule is Cc1ccccc1-n1c(SC/C(O)=C(\C#N)c2nc3ccccc3s2)nc2sc3c(c2c1=O)CCC3. The Bertz CT molecular complexity index is 1760. The Hall–Kier alpha value is -3.45. The van der Waals surface area contributed by atoms with Crippen LogP contribution >= 0.6 is 34.4 Å². The third-order valence-corrected chi connectivity index (χ3v) is 9.50. The number of nitrogens with zero attached hydrogens (tertiary/aromatic N) is 4. The van der Waals surface area contributed by atoms with E-state index in [0.717, 1.165) is 51.1 Å². The number of hydrogen-bond acceptors (Lipinski definition) is 8. The average molecular weight is 529 g/mol. The molecule has 6 rings (SSSR count). The van der Waals surface area contributed by atoms with Gasteiger partial charge >= 0.3 is 0 Å². The van der Waals surface area contributed by atoms with Crippen molar-refractivity contribution in [2.24, 2.45) is 0 Å². The summed E-state index contributed by atoms with van der Waals surface area (Å²) in [5.41, 5.74) is 3.72. The first-order chi connectivity index (χ1) is 17.5. The van der Waals surface area contributed by atoms with Crippen LogP contribution in [-0.4, -0.2) is 25.4 Å². The maximum absolute atomic E-state index is 13.9. The van der Waals surface area contributed by atoms with Gasteiger partial charge in [0.2, 0.25) is 0 Å². The summed E-state index contributed by atoms with van der Waals surface area (Å²) in [6.45, 7) is 1.97. The highest BCUT2D eigenvalue weighted by atomic mass is 32.2. The highest BCUT2D eigenvalue weighted by Crippen LogP contribution is 2.37. The van der Waals surface area contributed by atoms with E-state index in [1.165, 1.54) is 28.0 Å². The topological polar surface area (TPSA) is 91.8 Å². The van der Waals surface area contributed by atoms with Crippen molar-refractivity contribution in [3.8, 4) is 11.8 Å². The van der Waals surface area contributed by atoms with Gasteiger partial charge in [0.1, 0.15) is 27.2 Å². The second kappa shape index (κ2) is 9.21. The van der Waals surface area contributed by atoms with E-state index in [0.29, 0.717) is 15.6 Å². The van der Waals surface area contributed by atoms with Crippen LogP contribution in [0.4, 0.5) is 0 Å².